The number of fused-ring (bicyclic) bond motifs is 1. The number of aryl methyl sites for hydroxylation is 2. The molecule has 1 saturated carbocycles. The van der Waals surface area contributed by atoms with Gasteiger partial charge in [0.15, 0.2) is 0 Å². The number of benzene rings is 1. The maximum Gasteiger partial charge on any atom is 0.330 e. The lowest BCUT2D eigenvalue weighted by Gasteiger charge is -2.25. The molecular formula is C23H32N2O4. The topological polar surface area (TPSA) is 60.8 Å². The van der Waals surface area contributed by atoms with E-state index in [0.717, 1.165) is 36.9 Å². The van der Waals surface area contributed by atoms with Gasteiger partial charge in [-0.05, 0) is 64.2 Å². The minimum absolute atomic E-state index is 0.188. The molecule has 0 spiro atoms. The maximum absolute atomic E-state index is 12.5. The molecule has 1 aromatic carbocycles. The zero-order valence-electron chi connectivity index (χ0n) is 18.2. The number of carbonyl (C=O) groups is 2. The molecule has 0 saturated heterocycles. The Hall–Kier alpha value is -2.34. The Balaban J connectivity index is 1.84. The molecule has 1 aliphatic rings. The molecule has 0 N–H and O–H groups in total. The molecule has 1 aromatic heterocycles. The number of hydroxylamine groups is 2. The van der Waals surface area contributed by atoms with E-state index in [4.69, 9.17) is 9.57 Å². The minimum Gasteiger partial charge on any atom is -0.469 e. The number of carbonyl (C=O) groups excluding carboxylic acids is 2. The van der Waals surface area contributed by atoms with Crippen molar-refractivity contribution in [1.29, 1.82) is 0 Å². The van der Waals surface area contributed by atoms with E-state index in [-0.39, 0.29) is 11.9 Å². The lowest BCUT2D eigenvalue weighted by molar-refractivity contribution is -0.206. The number of hydrogen-bond donors (Lipinski definition) is 0. The average Bonchev–Trinajstić information content (AvgIpc) is 3.44. The predicted molar refractivity (Wildman–Crippen MR) is 112 cm³/mol. The van der Waals surface area contributed by atoms with Gasteiger partial charge in [-0.25, -0.2) is 4.79 Å². The quantitative estimate of drug-likeness (QED) is 0.486. The number of aromatic nitrogens is 1. The molecule has 0 atom stereocenters. The van der Waals surface area contributed by atoms with Gasteiger partial charge in [-0.2, -0.15) is 0 Å². The number of esters is 1. The van der Waals surface area contributed by atoms with Gasteiger partial charge in [0, 0.05) is 36.1 Å². The lowest BCUT2D eigenvalue weighted by atomic mass is 9.98. The van der Waals surface area contributed by atoms with Crippen LogP contribution in [0, 0.1) is 12.3 Å². The van der Waals surface area contributed by atoms with Crippen LogP contribution in [0.15, 0.2) is 24.4 Å². The highest BCUT2D eigenvalue weighted by Gasteiger charge is 2.35. The van der Waals surface area contributed by atoms with Crippen molar-refractivity contribution in [3.63, 3.8) is 0 Å². The second kappa shape index (κ2) is 8.57. The smallest absolute Gasteiger partial charge is 0.330 e. The Morgan fingerprint density at radius 1 is 1.24 bits per heavy atom. The van der Waals surface area contributed by atoms with E-state index in [1.807, 2.05) is 25.8 Å². The molecule has 29 heavy (non-hydrogen) atoms. The second-order valence-electron chi connectivity index (χ2n) is 8.93. The molecule has 158 valence electrons. The average molecular weight is 401 g/mol. The van der Waals surface area contributed by atoms with E-state index in [0.29, 0.717) is 19.0 Å². The summed E-state index contributed by atoms with van der Waals surface area (Å²) in [5.74, 6) is -0.394. The number of nitrogens with zero attached hydrogens (tertiary/aromatic N) is 2. The SMILES string of the molecule is COC(=O)CCCn1cc(CN(OC(=O)C(C)(C)C)C2CC2)c2c(C)cccc21. The summed E-state index contributed by atoms with van der Waals surface area (Å²) in [6.45, 7) is 9.03. The van der Waals surface area contributed by atoms with Crippen molar-refractivity contribution in [3.8, 4) is 0 Å². The van der Waals surface area contributed by atoms with Gasteiger partial charge in [-0.3, -0.25) is 4.79 Å². The highest BCUT2D eigenvalue weighted by atomic mass is 16.7. The Kier molecular flexibility index (Phi) is 6.32. The summed E-state index contributed by atoms with van der Waals surface area (Å²) in [6, 6.07) is 6.55. The second-order valence-corrected chi connectivity index (χ2v) is 8.93. The summed E-state index contributed by atoms with van der Waals surface area (Å²) in [5, 5.41) is 3.05. The summed E-state index contributed by atoms with van der Waals surface area (Å²) in [5.41, 5.74) is 2.94. The lowest BCUT2D eigenvalue weighted by Crippen LogP contribution is -2.34. The van der Waals surface area contributed by atoms with Gasteiger partial charge in [0.25, 0.3) is 0 Å². The van der Waals surface area contributed by atoms with Gasteiger partial charge >= 0.3 is 11.9 Å². The van der Waals surface area contributed by atoms with Gasteiger partial charge in [0.2, 0.25) is 0 Å². The summed E-state index contributed by atoms with van der Waals surface area (Å²) >= 11 is 0. The first-order valence-electron chi connectivity index (χ1n) is 10.3. The third-order valence-electron chi connectivity index (χ3n) is 5.29. The van der Waals surface area contributed by atoms with Crippen LogP contribution in [0.2, 0.25) is 0 Å². The van der Waals surface area contributed by atoms with Crippen LogP contribution in [0.1, 0.15) is 57.6 Å². The highest BCUT2D eigenvalue weighted by Crippen LogP contribution is 2.33. The number of rotatable bonds is 8. The van der Waals surface area contributed by atoms with Gasteiger partial charge in [0.1, 0.15) is 0 Å². The molecule has 0 bridgehead atoms. The van der Waals surface area contributed by atoms with Gasteiger partial charge in [-0.1, -0.05) is 12.1 Å². The Morgan fingerprint density at radius 2 is 1.97 bits per heavy atom. The molecule has 0 aliphatic heterocycles. The Morgan fingerprint density at radius 3 is 2.59 bits per heavy atom. The fourth-order valence-electron chi connectivity index (χ4n) is 3.44. The van der Waals surface area contributed by atoms with E-state index >= 15 is 0 Å². The third kappa shape index (κ3) is 5.18. The molecule has 1 aliphatic carbocycles. The maximum atomic E-state index is 12.5. The number of methoxy groups -OCH3 is 1. The molecule has 6 heteroatoms. The highest BCUT2D eigenvalue weighted by molar-refractivity contribution is 5.87. The van der Waals surface area contributed by atoms with Crippen molar-refractivity contribution < 1.29 is 19.2 Å². The van der Waals surface area contributed by atoms with E-state index in [2.05, 4.69) is 35.9 Å². The first kappa shape index (κ1) is 21.4. The predicted octanol–water partition coefficient (Wildman–Crippen LogP) is 4.37. The van der Waals surface area contributed by atoms with Crippen molar-refractivity contribution in [1.82, 2.24) is 9.63 Å². The monoisotopic (exact) mass is 400 g/mol. The standard InChI is InChI=1S/C23H32N2O4/c1-16-8-6-9-19-21(16)17(14-24(19)13-7-10-20(26)28-5)15-25(18-11-12-18)29-22(27)23(2,3)4/h6,8-9,14,18H,7,10-13,15H2,1-5H3. The van der Waals surface area contributed by atoms with Crippen LogP contribution in [-0.2, 0) is 32.3 Å². The van der Waals surface area contributed by atoms with Crippen molar-refractivity contribution >= 4 is 22.8 Å². The van der Waals surface area contributed by atoms with Crippen LogP contribution < -0.4 is 0 Å². The first-order valence-corrected chi connectivity index (χ1v) is 10.3. The van der Waals surface area contributed by atoms with Crippen LogP contribution >= 0.6 is 0 Å². The summed E-state index contributed by atoms with van der Waals surface area (Å²) in [7, 11) is 1.42. The fourth-order valence-corrected chi connectivity index (χ4v) is 3.44. The minimum atomic E-state index is -0.537. The van der Waals surface area contributed by atoms with Crippen LogP contribution in [0.25, 0.3) is 10.9 Å². The molecule has 6 nitrogen and oxygen atoms in total. The molecule has 1 heterocycles. The van der Waals surface area contributed by atoms with E-state index in [9.17, 15) is 9.59 Å². The van der Waals surface area contributed by atoms with Crippen LogP contribution in [0.5, 0.6) is 0 Å². The van der Waals surface area contributed by atoms with Crippen LogP contribution in [0.3, 0.4) is 0 Å². The molecule has 0 amide bonds. The van der Waals surface area contributed by atoms with Gasteiger partial charge in [-0.15, -0.1) is 5.06 Å². The zero-order chi connectivity index (χ0) is 21.2. The summed E-state index contributed by atoms with van der Waals surface area (Å²) in [4.78, 5) is 29.7. The van der Waals surface area contributed by atoms with E-state index < -0.39 is 5.41 Å². The zero-order valence-corrected chi connectivity index (χ0v) is 18.2. The third-order valence-corrected chi connectivity index (χ3v) is 5.29. The van der Waals surface area contributed by atoms with Crippen molar-refractivity contribution in [3.05, 3.63) is 35.5 Å². The normalized spacial score (nSPS) is 14.4. The molecule has 1 fully saturated rings. The van der Waals surface area contributed by atoms with Crippen LogP contribution in [-0.4, -0.2) is 34.7 Å². The van der Waals surface area contributed by atoms with Crippen molar-refractivity contribution in [2.24, 2.45) is 5.41 Å². The van der Waals surface area contributed by atoms with Gasteiger partial charge in [0.05, 0.1) is 19.1 Å². The fraction of sp³-hybridized carbons (Fsp3) is 0.565. The molecule has 0 radical (unpaired) electrons. The van der Waals surface area contributed by atoms with Crippen molar-refractivity contribution in [2.75, 3.05) is 7.11 Å². The van der Waals surface area contributed by atoms with Gasteiger partial charge < -0.3 is 14.1 Å². The number of hydrogen-bond acceptors (Lipinski definition) is 5. The van der Waals surface area contributed by atoms with E-state index in [1.54, 1.807) is 0 Å². The summed E-state index contributed by atoms with van der Waals surface area (Å²) < 4.78 is 6.94. The number of ether oxygens (including phenoxy) is 1. The Labute approximate surface area is 172 Å². The molecule has 2 aromatic rings. The molecular weight excluding hydrogens is 368 g/mol. The van der Waals surface area contributed by atoms with Crippen LogP contribution in [0.4, 0.5) is 0 Å². The Bertz CT molecular complexity index is 890. The largest absolute Gasteiger partial charge is 0.469 e. The molecule has 3 rings (SSSR count). The first-order chi connectivity index (χ1) is 13.7. The van der Waals surface area contributed by atoms with E-state index in [1.165, 1.54) is 18.1 Å². The summed E-state index contributed by atoms with van der Waals surface area (Å²) in [6.07, 6.45) is 5.35. The molecule has 0 unspecified atom stereocenters. The van der Waals surface area contributed by atoms with Crippen molar-refractivity contribution in [2.45, 2.75) is 72.5 Å².